The number of nitrogens with zero attached hydrogens (tertiary/aromatic N) is 3. The summed E-state index contributed by atoms with van der Waals surface area (Å²) in [6.45, 7) is 1.75. The molecule has 8 nitrogen and oxygen atoms in total. The highest BCUT2D eigenvalue weighted by molar-refractivity contribution is 7.92. The largest absolute Gasteiger partial charge is 0.495 e. The third-order valence-corrected chi connectivity index (χ3v) is 7.50. The Morgan fingerprint density at radius 1 is 0.925 bits per heavy atom. The van der Waals surface area contributed by atoms with Gasteiger partial charge >= 0.3 is 6.18 Å². The Morgan fingerprint density at radius 2 is 1.70 bits per heavy atom. The standard InChI is InChI=1S/C28H21F3N4O4S/c1-17-12-26(33-32-16-17)34-40(37,38)22-8-10-23-20(14-22)7-11-27(36)35(23)24-9-6-19(15-25(24)39-2)18-4-3-5-21(13-18)28(29,30)31/h3-16H,1-2H3,(H,33,34). The number of aryl methyl sites for hydroxylation is 1. The first-order valence-electron chi connectivity index (χ1n) is 11.8. The highest BCUT2D eigenvalue weighted by Crippen LogP contribution is 2.35. The number of sulfonamides is 1. The number of benzene rings is 3. The van der Waals surface area contributed by atoms with Gasteiger partial charge in [0.2, 0.25) is 0 Å². The van der Waals surface area contributed by atoms with E-state index >= 15 is 0 Å². The lowest BCUT2D eigenvalue weighted by atomic mass is 10.0. The summed E-state index contributed by atoms with van der Waals surface area (Å²) in [6.07, 6.45) is -3.00. The molecule has 0 saturated heterocycles. The van der Waals surface area contributed by atoms with E-state index in [4.69, 9.17) is 4.74 Å². The van der Waals surface area contributed by atoms with Crippen LogP contribution >= 0.6 is 0 Å². The van der Waals surface area contributed by atoms with Gasteiger partial charge in [0.05, 0.1) is 35.0 Å². The maximum Gasteiger partial charge on any atom is 0.416 e. The van der Waals surface area contributed by atoms with Crippen LogP contribution in [0.1, 0.15) is 11.1 Å². The van der Waals surface area contributed by atoms with Gasteiger partial charge in [-0.15, -0.1) is 5.10 Å². The minimum absolute atomic E-state index is 0.0552. The van der Waals surface area contributed by atoms with Crippen LogP contribution in [0.5, 0.6) is 5.75 Å². The number of hydrogen-bond donors (Lipinski definition) is 1. The van der Waals surface area contributed by atoms with Gasteiger partial charge in [0.15, 0.2) is 5.82 Å². The molecule has 0 spiro atoms. The smallest absolute Gasteiger partial charge is 0.416 e. The van der Waals surface area contributed by atoms with Gasteiger partial charge in [0, 0.05) is 11.5 Å². The molecule has 0 bridgehead atoms. The third kappa shape index (κ3) is 5.25. The van der Waals surface area contributed by atoms with Crippen molar-refractivity contribution in [3.05, 3.63) is 107 Å². The molecule has 0 amide bonds. The first-order valence-corrected chi connectivity index (χ1v) is 13.3. The predicted octanol–water partition coefficient (Wildman–Crippen LogP) is 5.58. The second-order valence-electron chi connectivity index (χ2n) is 8.92. The summed E-state index contributed by atoms with van der Waals surface area (Å²) in [7, 11) is -2.63. The number of anilines is 1. The molecular weight excluding hydrogens is 545 g/mol. The van der Waals surface area contributed by atoms with Crippen molar-refractivity contribution in [1.82, 2.24) is 14.8 Å². The molecule has 0 saturated carbocycles. The molecule has 2 aromatic heterocycles. The molecule has 0 fully saturated rings. The Balaban J connectivity index is 1.57. The summed E-state index contributed by atoms with van der Waals surface area (Å²) in [5.41, 5.74) is 1.03. The van der Waals surface area contributed by atoms with Gasteiger partial charge in [-0.3, -0.25) is 14.1 Å². The van der Waals surface area contributed by atoms with Crippen molar-refractivity contribution in [1.29, 1.82) is 0 Å². The van der Waals surface area contributed by atoms with Crippen LogP contribution in [0.3, 0.4) is 0 Å². The van der Waals surface area contributed by atoms with E-state index in [1.165, 1.54) is 54.3 Å². The number of hydrogen-bond acceptors (Lipinski definition) is 6. The van der Waals surface area contributed by atoms with E-state index in [2.05, 4.69) is 14.9 Å². The molecule has 2 heterocycles. The maximum absolute atomic E-state index is 13.2. The van der Waals surface area contributed by atoms with Crippen LogP contribution in [0, 0.1) is 6.92 Å². The molecule has 0 aliphatic carbocycles. The minimum Gasteiger partial charge on any atom is -0.495 e. The Kier molecular flexibility index (Phi) is 6.80. The van der Waals surface area contributed by atoms with Crippen LogP contribution in [0.4, 0.5) is 19.0 Å². The van der Waals surface area contributed by atoms with Gasteiger partial charge in [-0.05, 0) is 78.2 Å². The lowest BCUT2D eigenvalue weighted by Crippen LogP contribution is -2.19. The van der Waals surface area contributed by atoms with Crippen LogP contribution in [0.25, 0.3) is 27.7 Å². The second kappa shape index (κ2) is 10.1. The van der Waals surface area contributed by atoms with Gasteiger partial charge in [-0.1, -0.05) is 18.2 Å². The monoisotopic (exact) mass is 566 g/mol. The van der Waals surface area contributed by atoms with E-state index in [0.717, 1.165) is 17.7 Å². The fourth-order valence-electron chi connectivity index (χ4n) is 4.27. The lowest BCUT2D eigenvalue weighted by molar-refractivity contribution is -0.137. The fourth-order valence-corrected chi connectivity index (χ4v) is 5.29. The van der Waals surface area contributed by atoms with Crippen molar-refractivity contribution < 1.29 is 26.3 Å². The van der Waals surface area contributed by atoms with Gasteiger partial charge in [-0.25, -0.2) is 8.42 Å². The van der Waals surface area contributed by atoms with Crippen LogP contribution < -0.4 is 15.0 Å². The molecule has 3 aromatic carbocycles. The Morgan fingerprint density at radius 3 is 2.42 bits per heavy atom. The van der Waals surface area contributed by atoms with Crippen LogP contribution in [0.15, 0.2) is 94.7 Å². The quantitative estimate of drug-likeness (QED) is 0.288. The van der Waals surface area contributed by atoms with Gasteiger partial charge in [-0.2, -0.15) is 18.3 Å². The van der Waals surface area contributed by atoms with Crippen molar-refractivity contribution in [2.75, 3.05) is 11.8 Å². The van der Waals surface area contributed by atoms with Crippen molar-refractivity contribution in [2.45, 2.75) is 18.0 Å². The van der Waals surface area contributed by atoms with Crippen LogP contribution in [0.2, 0.25) is 0 Å². The molecule has 0 atom stereocenters. The van der Waals surface area contributed by atoms with Crippen molar-refractivity contribution in [3.63, 3.8) is 0 Å². The molecular formula is C28H21F3N4O4S. The SMILES string of the molecule is COc1cc(-c2cccc(C(F)(F)F)c2)ccc1-n1c(=O)ccc2cc(S(=O)(=O)Nc3cc(C)cnn3)ccc21. The van der Waals surface area contributed by atoms with E-state index in [1.54, 1.807) is 37.3 Å². The zero-order chi connectivity index (χ0) is 28.7. The molecule has 5 aromatic rings. The summed E-state index contributed by atoms with van der Waals surface area (Å²) in [5, 5.41) is 7.98. The molecule has 5 rings (SSSR count). The van der Waals surface area contributed by atoms with E-state index in [0.29, 0.717) is 27.7 Å². The number of pyridine rings is 1. The zero-order valence-corrected chi connectivity index (χ0v) is 21.9. The average Bonchev–Trinajstić information content (AvgIpc) is 2.92. The lowest BCUT2D eigenvalue weighted by Gasteiger charge is -2.16. The molecule has 12 heteroatoms. The third-order valence-electron chi connectivity index (χ3n) is 6.15. The van der Waals surface area contributed by atoms with E-state index < -0.39 is 27.3 Å². The maximum atomic E-state index is 13.2. The van der Waals surface area contributed by atoms with Gasteiger partial charge < -0.3 is 4.74 Å². The summed E-state index contributed by atoms with van der Waals surface area (Å²) in [4.78, 5) is 12.9. The van der Waals surface area contributed by atoms with E-state index in [-0.39, 0.29) is 16.5 Å². The Bertz CT molecular complexity index is 1920. The molecule has 204 valence electrons. The summed E-state index contributed by atoms with van der Waals surface area (Å²) < 4.78 is 74.9. The van der Waals surface area contributed by atoms with E-state index in [1.807, 2.05) is 0 Å². The van der Waals surface area contributed by atoms with Crippen molar-refractivity contribution in [2.24, 2.45) is 0 Å². The normalized spacial score (nSPS) is 11.9. The predicted molar refractivity (Wildman–Crippen MR) is 144 cm³/mol. The number of halogens is 3. The number of fused-ring (bicyclic) bond motifs is 1. The molecule has 0 radical (unpaired) electrons. The van der Waals surface area contributed by atoms with Crippen LogP contribution in [-0.4, -0.2) is 30.3 Å². The highest BCUT2D eigenvalue weighted by atomic mass is 32.2. The van der Waals surface area contributed by atoms with Gasteiger partial charge in [0.1, 0.15) is 5.75 Å². The first kappa shape index (κ1) is 26.9. The highest BCUT2D eigenvalue weighted by Gasteiger charge is 2.30. The number of alkyl halides is 3. The first-order chi connectivity index (χ1) is 19.0. The van der Waals surface area contributed by atoms with Crippen molar-refractivity contribution >= 4 is 26.7 Å². The molecule has 1 N–H and O–H groups in total. The zero-order valence-electron chi connectivity index (χ0n) is 21.1. The molecule has 0 aliphatic rings. The second-order valence-corrected chi connectivity index (χ2v) is 10.6. The molecule has 0 unspecified atom stereocenters. The number of methoxy groups -OCH3 is 1. The van der Waals surface area contributed by atoms with Crippen molar-refractivity contribution in [3.8, 4) is 22.6 Å². The minimum atomic E-state index is -4.49. The summed E-state index contributed by atoms with van der Waals surface area (Å²) in [5.74, 6) is 0.302. The fraction of sp³-hybridized carbons (Fsp3) is 0.107. The Hall–Kier alpha value is -4.71. The number of nitrogens with one attached hydrogen (secondary N) is 1. The number of rotatable bonds is 6. The molecule has 40 heavy (non-hydrogen) atoms. The number of ether oxygens (including phenoxy) is 1. The summed E-state index contributed by atoms with van der Waals surface area (Å²) in [6, 6.07) is 18.2. The Labute approximate surface area is 226 Å². The average molecular weight is 567 g/mol. The number of aromatic nitrogens is 3. The van der Waals surface area contributed by atoms with E-state index in [9.17, 15) is 26.4 Å². The van der Waals surface area contributed by atoms with Crippen LogP contribution in [-0.2, 0) is 16.2 Å². The molecule has 0 aliphatic heterocycles. The van der Waals surface area contributed by atoms with Gasteiger partial charge in [0.25, 0.3) is 15.6 Å². The summed E-state index contributed by atoms with van der Waals surface area (Å²) >= 11 is 0. The topological polar surface area (TPSA) is 103 Å².